The molecule has 0 spiro atoms. The van der Waals surface area contributed by atoms with Crippen LogP contribution in [0.1, 0.15) is 9.67 Å². The minimum Gasteiger partial charge on any atom is -0.508 e. The number of benzene rings is 1. The van der Waals surface area contributed by atoms with Crippen molar-refractivity contribution in [3.8, 4) is 16.2 Å². The molecule has 0 saturated heterocycles. The fourth-order valence-electron chi connectivity index (χ4n) is 1.57. The van der Waals surface area contributed by atoms with Gasteiger partial charge in [-0.15, -0.1) is 11.3 Å². The van der Waals surface area contributed by atoms with E-state index in [1.165, 1.54) is 12.1 Å². The Morgan fingerprint density at radius 2 is 1.79 bits per heavy atom. The zero-order chi connectivity index (χ0) is 14.0. The summed E-state index contributed by atoms with van der Waals surface area (Å²) in [6.45, 7) is 0. The molecule has 0 unspecified atom stereocenters. The number of primary amides is 2. The number of nitrogens with one attached hydrogen (secondary N) is 1. The predicted molar refractivity (Wildman–Crippen MR) is 73.1 cm³/mol. The molecule has 1 aromatic carbocycles. The zero-order valence-electron chi connectivity index (χ0n) is 9.71. The number of phenolic OH excluding ortho intramolecular Hbond substituents is 1. The largest absolute Gasteiger partial charge is 0.508 e. The Hall–Kier alpha value is -2.54. The number of urea groups is 1. The van der Waals surface area contributed by atoms with Crippen LogP contribution in [-0.2, 0) is 0 Å². The molecule has 0 aliphatic carbocycles. The topological polar surface area (TPSA) is 118 Å². The normalized spacial score (nSPS) is 10.1. The van der Waals surface area contributed by atoms with Crippen LogP contribution >= 0.6 is 11.3 Å². The van der Waals surface area contributed by atoms with Crippen LogP contribution in [0.5, 0.6) is 5.75 Å². The minimum absolute atomic E-state index is 0.144. The number of hydrogen-bond acceptors (Lipinski definition) is 4. The lowest BCUT2D eigenvalue weighted by Crippen LogP contribution is -2.21. The van der Waals surface area contributed by atoms with Gasteiger partial charge in [-0.3, -0.25) is 4.79 Å². The Morgan fingerprint density at radius 1 is 1.16 bits per heavy atom. The zero-order valence-corrected chi connectivity index (χ0v) is 10.5. The number of nitrogens with two attached hydrogens (primary N) is 2. The first-order valence-electron chi connectivity index (χ1n) is 5.27. The number of anilines is 1. The van der Waals surface area contributed by atoms with Crippen molar-refractivity contribution >= 4 is 29.0 Å². The fourth-order valence-corrected chi connectivity index (χ4v) is 2.54. The summed E-state index contributed by atoms with van der Waals surface area (Å²) in [5, 5.41) is 11.6. The molecule has 1 heterocycles. The third-order valence-electron chi connectivity index (χ3n) is 2.37. The summed E-state index contributed by atoms with van der Waals surface area (Å²) < 4.78 is 0. The smallest absolute Gasteiger partial charge is 0.316 e. The summed E-state index contributed by atoms with van der Waals surface area (Å²) in [7, 11) is 0. The Kier molecular flexibility index (Phi) is 3.39. The van der Waals surface area contributed by atoms with Crippen LogP contribution in [0.15, 0.2) is 30.3 Å². The van der Waals surface area contributed by atoms with Crippen LogP contribution in [-0.4, -0.2) is 17.0 Å². The van der Waals surface area contributed by atoms with Crippen molar-refractivity contribution in [2.45, 2.75) is 0 Å². The van der Waals surface area contributed by atoms with Gasteiger partial charge in [0, 0.05) is 4.88 Å². The highest BCUT2D eigenvalue weighted by molar-refractivity contribution is 7.18. The van der Waals surface area contributed by atoms with Gasteiger partial charge in [0.15, 0.2) is 0 Å². The van der Waals surface area contributed by atoms with Gasteiger partial charge in [0.05, 0.1) is 5.69 Å². The number of rotatable bonds is 3. The summed E-state index contributed by atoms with van der Waals surface area (Å²) in [4.78, 5) is 23.1. The third-order valence-corrected chi connectivity index (χ3v) is 3.56. The molecule has 0 bridgehead atoms. The van der Waals surface area contributed by atoms with Crippen molar-refractivity contribution in [3.63, 3.8) is 0 Å². The van der Waals surface area contributed by atoms with Crippen molar-refractivity contribution in [2.24, 2.45) is 11.5 Å². The van der Waals surface area contributed by atoms with E-state index >= 15 is 0 Å². The summed E-state index contributed by atoms with van der Waals surface area (Å²) in [5.41, 5.74) is 11.4. The summed E-state index contributed by atoms with van der Waals surface area (Å²) in [6.07, 6.45) is 0. The molecule has 2 rings (SSSR count). The van der Waals surface area contributed by atoms with Crippen LogP contribution in [0.3, 0.4) is 0 Å². The molecule has 2 aromatic rings. The molecule has 0 aliphatic heterocycles. The maximum Gasteiger partial charge on any atom is 0.316 e. The number of amides is 3. The van der Waals surface area contributed by atoms with Gasteiger partial charge in [-0.1, -0.05) is 0 Å². The van der Waals surface area contributed by atoms with E-state index in [4.69, 9.17) is 11.5 Å². The lowest BCUT2D eigenvalue weighted by Gasteiger charge is -1.99. The van der Waals surface area contributed by atoms with Crippen LogP contribution in [0, 0.1) is 0 Å². The Bertz CT molecular complexity index is 634. The van der Waals surface area contributed by atoms with Crippen LogP contribution in [0.4, 0.5) is 10.5 Å². The van der Waals surface area contributed by atoms with Crippen molar-refractivity contribution in [1.29, 1.82) is 0 Å². The Morgan fingerprint density at radius 3 is 2.32 bits per heavy atom. The molecule has 98 valence electrons. The Labute approximate surface area is 112 Å². The second-order valence-corrected chi connectivity index (χ2v) is 4.81. The van der Waals surface area contributed by atoms with Gasteiger partial charge < -0.3 is 21.9 Å². The molecule has 0 atom stereocenters. The highest BCUT2D eigenvalue weighted by atomic mass is 32.1. The fraction of sp³-hybridized carbons (Fsp3) is 0. The predicted octanol–water partition coefficient (Wildman–Crippen LogP) is 1.71. The molecule has 1 aromatic heterocycles. The van der Waals surface area contributed by atoms with E-state index in [1.54, 1.807) is 18.2 Å². The first-order chi connectivity index (χ1) is 8.97. The molecule has 3 amide bonds. The van der Waals surface area contributed by atoms with Crippen LogP contribution < -0.4 is 16.8 Å². The van der Waals surface area contributed by atoms with E-state index in [-0.39, 0.29) is 16.3 Å². The van der Waals surface area contributed by atoms with Crippen molar-refractivity contribution in [2.75, 3.05) is 5.32 Å². The van der Waals surface area contributed by atoms with Gasteiger partial charge in [-0.2, -0.15) is 0 Å². The van der Waals surface area contributed by atoms with E-state index < -0.39 is 11.9 Å². The van der Waals surface area contributed by atoms with E-state index in [0.29, 0.717) is 0 Å². The van der Waals surface area contributed by atoms with Crippen LogP contribution in [0.2, 0.25) is 0 Å². The third kappa shape index (κ3) is 2.83. The SMILES string of the molecule is NC(=O)Nc1cc(-c2ccc(O)cc2)sc1C(N)=O. The number of carbonyl (C=O) groups is 2. The standard InChI is InChI=1S/C12H11N3O3S/c13-11(17)10-8(15-12(14)18)5-9(19-10)6-1-3-7(16)4-2-6/h1-5,16H,(H2,13,17)(H3,14,15,18). The number of aromatic hydroxyl groups is 1. The second kappa shape index (κ2) is 4.99. The van der Waals surface area contributed by atoms with Gasteiger partial charge in [0.25, 0.3) is 5.91 Å². The number of thiophene rings is 1. The molecule has 0 fully saturated rings. The van der Waals surface area contributed by atoms with E-state index in [9.17, 15) is 14.7 Å². The number of hydrogen-bond donors (Lipinski definition) is 4. The van der Waals surface area contributed by atoms with Crippen molar-refractivity contribution in [1.82, 2.24) is 0 Å². The Balaban J connectivity index is 2.45. The van der Waals surface area contributed by atoms with Gasteiger partial charge >= 0.3 is 6.03 Å². The average molecular weight is 277 g/mol. The molecule has 0 radical (unpaired) electrons. The monoisotopic (exact) mass is 277 g/mol. The quantitative estimate of drug-likeness (QED) is 0.683. The first-order valence-corrected chi connectivity index (χ1v) is 6.08. The molecule has 6 N–H and O–H groups in total. The summed E-state index contributed by atoms with van der Waals surface area (Å²) in [5.74, 6) is -0.496. The molecular weight excluding hydrogens is 266 g/mol. The minimum atomic E-state index is -0.766. The average Bonchev–Trinajstić information content (AvgIpc) is 2.73. The molecule has 19 heavy (non-hydrogen) atoms. The lowest BCUT2D eigenvalue weighted by atomic mass is 10.2. The van der Waals surface area contributed by atoms with E-state index in [0.717, 1.165) is 21.8 Å². The number of phenols is 1. The number of carbonyl (C=O) groups excluding carboxylic acids is 2. The van der Waals surface area contributed by atoms with E-state index in [1.807, 2.05) is 0 Å². The first kappa shape index (κ1) is 12.9. The second-order valence-electron chi connectivity index (χ2n) is 3.75. The van der Waals surface area contributed by atoms with E-state index in [2.05, 4.69) is 5.32 Å². The lowest BCUT2D eigenvalue weighted by molar-refractivity contribution is 0.100. The van der Waals surface area contributed by atoms with Crippen molar-refractivity contribution in [3.05, 3.63) is 35.2 Å². The summed E-state index contributed by atoms with van der Waals surface area (Å²) in [6, 6.07) is 7.29. The maximum atomic E-state index is 11.3. The van der Waals surface area contributed by atoms with Crippen molar-refractivity contribution < 1.29 is 14.7 Å². The summed E-state index contributed by atoms with van der Waals surface area (Å²) >= 11 is 1.14. The highest BCUT2D eigenvalue weighted by Crippen LogP contribution is 2.35. The molecule has 0 saturated carbocycles. The van der Waals surface area contributed by atoms with Crippen LogP contribution in [0.25, 0.3) is 10.4 Å². The molecular formula is C12H11N3O3S. The van der Waals surface area contributed by atoms with Gasteiger partial charge in [-0.05, 0) is 35.9 Å². The van der Waals surface area contributed by atoms with Gasteiger partial charge in [-0.25, -0.2) is 4.79 Å². The highest BCUT2D eigenvalue weighted by Gasteiger charge is 2.15. The molecule has 7 heteroatoms. The van der Waals surface area contributed by atoms with Gasteiger partial charge in [0.1, 0.15) is 10.6 Å². The van der Waals surface area contributed by atoms with Gasteiger partial charge in [0.2, 0.25) is 0 Å². The molecule has 6 nitrogen and oxygen atoms in total. The maximum absolute atomic E-state index is 11.3. The molecule has 0 aliphatic rings.